The molecule has 0 bridgehead atoms. The highest BCUT2D eigenvalue weighted by Gasteiger charge is 2.37. The third-order valence-corrected chi connectivity index (χ3v) is 3.19. The number of carboxylic acids is 1. The number of rotatable bonds is 5. The molecule has 2 rings (SSSR count). The van der Waals surface area contributed by atoms with E-state index in [2.05, 4.69) is 0 Å². The average Bonchev–Trinajstić information content (AvgIpc) is 3.13. The molecule has 0 aliphatic heterocycles. The second-order valence-electron chi connectivity index (χ2n) is 4.20. The summed E-state index contributed by atoms with van der Waals surface area (Å²) in [5, 5.41) is 9.13. The van der Waals surface area contributed by atoms with Crippen molar-refractivity contribution in [3.05, 3.63) is 34.6 Å². The highest BCUT2D eigenvalue weighted by molar-refractivity contribution is 6.30. The highest BCUT2D eigenvalue weighted by atomic mass is 35.5. The van der Waals surface area contributed by atoms with E-state index >= 15 is 0 Å². The number of nitrogens with zero attached hydrogens (tertiary/aromatic N) is 1. The summed E-state index contributed by atoms with van der Waals surface area (Å²) in [4.78, 5) is 23.5. The molecule has 96 valence electrons. The minimum absolute atomic E-state index is 0.0673. The van der Waals surface area contributed by atoms with Crippen molar-refractivity contribution in [1.82, 2.24) is 4.90 Å². The first-order valence-corrected chi connectivity index (χ1v) is 5.83. The van der Waals surface area contributed by atoms with Crippen LogP contribution in [0.4, 0.5) is 4.39 Å². The van der Waals surface area contributed by atoms with Crippen LogP contribution in [0.5, 0.6) is 0 Å². The van der Waals surface area contributed by atoms with E-state index in [1.54, 1.807) is 0 Å². The number of carboxylic acid groups (broad SMARTS) is 1. The Morgan fingerprint density at radius 2 is 2.22 bits per heavy atom. The van der Waals surface area contributed by atoms with E-state index in [-0.39, 0.29) is 16.6 Å². The molecule has 0 saturated heterocycles. The molecule has 0 spiro atoms. The molecule has 0 aromatic heterocycles. The van der Waals surface area contributed by atoms with E-state index < -0.39 is 17.8 Å². The summed E-state index contributed by atoms with van der Waals surface area (Å²) in [7, 11) is 0. The van der Waals surface area contributed by atoms with Crippen molar-refractivity contribution < 1.29 is 19.1 Å². The summed E-state index contributed by atoms with van der Waals surface area (Å²) in [6.45, 7) is 0. The Balaban J connectivity index is 2.36. The Morgan fingerprint density at radius 1 is 1.56 bits per heavy atom. The van der Waals surface area contributed by atoms with Crippen LogP contribution in [0.25, 0.3) is 0 Å². The molecular weight excluding hydrogens is 261 g/mol. The van der Waals surface area contributed by atoms with Crippen molar-refractivity contribution in [3.63, 3.8) is 0 Å². The van der Waals surface area contributed by atoms with E-state index in [4.69, 9.17) is 11.6 Å². The lowest BCUT2D eigenvalue weighted by Gasteiger charge is -2.25. The van der Waals surface area contributed by atoms with Gasteiger partial charge in [0.25, 0.3) is 0 Å². The predicted molar refractivity (Wildman–Crippen MR) is 62.7 cm³/mol. The summed E-state index contributed by atoms with van der Waals surface area (Å²) < 4.78 is 13.4. The van der Waals surface area contributed by atoms with Gasteiger partial charge in [0.2, 0.25) is 6.41 Å². The molecule has 1 fully saturated rings. The van der Waals surface area contributed by atoms with E-state index in [0.29, 0.717) is 6.41 Å². The van der Waals surface area contributed by atoms with E-state index in [1.807, 2.05) is 0 Å². The fraction of sp³-hybridized carbons (Fsp3) is 0.333. The van der Waals surface area contributed by atoms with E-state index in [0.717, 1.165) is 18.9 Å². The van der Waals surface area contributed by atoms with Gasteiger partial charge in [0.05, 0.1) is 5.02 Å². The Bertz CT molecular complexity index is 490. The molecule has 1 amide bonds. The lowest BCUT2D eigenvalue weighted by Crippen LogP contribution is -2.34. The normalized spacial score (nSPS) is 16.1. The zero-order valence-corrected chi connectivity index (χ0v) is 10.1. The number of halogens is 2. The number of benzene rings is 1. The van der Waals surface area contributed by atoms with Crippen molar-refractivity contribution in [1.29, 1.82) is 0 Å². The van der Waals surface area contributed by atoms with Gasteiger partial charge in [-0.2, -0.15) is 0 Å². The number of carbonyl (C=O) groups excluding carboxylic acids is 1. The molecule has 0 heterocycles. The van der Waals surface area contributed by atoms with Crippen LogP contribution in [-0.2, 0) is 9.59 Å². The quantitative estimate of drug-likeness (QED) is 0.836. The van der Waals surface area contributed by atoms with Crippen LogP contribution >= 0.6 is 11.6 Å². The van der Waals surface area contributed by atoms with Gasteiger partial charge in [-0.25, -0.2) is 9.18 Å². The standard InChI is InChI=1S/C12H11ClFNO3/c13-9-4-1-7(5-10(9)14)11(12(17)18)15(6-16)8-2-3-8/h1,4-6,8,11H,2-3H2,(H,17,18). The maximum Gasteiger partial charge on any atom is 0.331 e. The lowest BCUT2D eigenvalue weighted by molar-refractivity contribution is -0.147. The van der Waals surface area contributed by atoms with Crippen molar-refractivity contribution in [2.24, 2.45) is 0 Å². The molecular formula is C12H11ClFNO3. The first-order valence-electron chi connectivity index (χ1n) is 5.45. The van der Waals surface area contributed by atoms with E-state index in [9.17, 15) is 19.1 Å². The van der Waals surface area contributed by atoms with Crippen molar-refractivity contribution in [3.8, 4) is 0 Å². The molecule has 18 heavy (non-hydrogen) atoms. The molecule has 6 heteroatoms. The fourth-order valence-electron chi connectivity index (χ4n) is 1.86. The highest BCUT2D eigenvalue weighted by Crippen LogP contribution is 2.34. The topological polar surface area (TPSA) is 57.6 Å². The molecule has 1 N–H and O–H groups in total. The van der Waals surface area contributed by atoms with Gasteiger partial charge in [0, 0.05) is 6.04 Å². The number of carbonyl (C=O) groups is 2. The molecule has 1 aliphatic rings. The monoisotopic (exact) mass is 271 g/mol. The fourth-order valence-corrected chi connectivity index (χ4v) is 1.97. The molecule has 4 nitrogen and oxygen atoms in total. The van der Waals surface area contributed by atoms with Gasteiger partial charge in [-0.3, -0.25) is 4.79 Å². The Kier molecular flexibility index (Phi) is 3.52. The minimum atomic E-state index is -1.18. The van der Waals surface area contributed by atoms with Gasteiger partial charge in [0.1, 0.15) is 5.82 Å². The average molecular weight is 272 g/mol. The zero-order valence-electron chi connectivity index (χ0n) is 9.35. The number of hydrogen-bond donors (Lipinski definition) is 1. The lowest BCUT2D eigenvalue weighted by atomic mass is 10.1. The second kappa shape index (κ2) is 4.94. The van der Waals surface area contributed by atoms with Crippen LogP contribution in [0.2, 0.25) is 5.02 Å². The maximum absolute atomic E-state index is 13.4. The molecule has 1 saturated carbocycles. The summed E-state index contributed by atoms with van der Waals surface area (Å²) in [5.74, 6) is -1.88. The van der Waals surface area contributed by atoms with E-state index in [1.165, 1.54) is 17.0 Å². The molecule has 0 radical (unpaired) electrons. The first-order chi connectivity index (χ1) is 8.54. The summed E-state index contributed by atoms with van der Waals surface area (Å²) in [6.07, 6.45) is 2.06. The Morgan fingerprint density at radius 3 is 2.67 bits per heavy atom. The van der Waals surface area contributed by atoms with Crippen LogP contribution in [0.3, 0.4) is 0 Å². The Labute approximate surface area is 108 Å². The third kappa shape index (κ3) is 2.46. The third-order valence-electron chi connectivity index (χ3n) is 2.88. The van der Waals surface area contributed by atoms with Gasteiger partial charge >= 0.3 is 5.97 Å². The van der Waals surface area contributed by atoms with Gasteiger partial charge in [0.15, 0.2) is 6.04 Å². The van der Waals surface area contributed by atoms with Gasteiger partial charge in [-0.05, 0) is 30.5 Å². The Hall–Kier alpha value is -1.62. The maximum atomic E-state index is 13.4. The first kappa shape index (κ1) is 12.8. The summed E-state index contributed by atoms with van der Waals surface area (Å²) in [5.41, 5.74) is 0.211. The van der Waals surface area contributed by atoms with Gasteiger partial charge < -0.3 is 10.0 Å². The van der Waals surface area contributed by atoms with Gasteiger partial charge in [-0.15, -0.1) is 0 Å². The smallest absolute Gasteiger partial charge is 0.331 e. The largest absolute Gasteiger partial charge is 0.479 e. The zero-order chi connectivity index (χ0) is 13.3. The molecule has 1 aromatic carbocycles. The molecule has 1 aromatic rings. The van der Waals surface area contributed by atoms with Crippen molar-refractivity contribution in [2.75, 3.05) is 0 Å². The number of amides is 1. The van der Waals surface area contributed by atoms with Crippen LogP contribution in [0, 0.1) is 5.82 Å². The van der Waals surface area contributed by atoms with Gasteiger partial charge in [-0.1, -0.05) is 17.7 Å². The number of aliphatic carboxylic acids is 1. The summed E-state index contributed by atoms with van der Waals surface area (Å²) in [6, 6.07) is 2.53. The van der Waals surface area contributed by atoms with Crippen LogP contribution in [0.1, 0.15) is 24.4 Å². The number of hydrogen-bond acceptors (Lipinski definition) is 2. The van der Waals surface area contributed by atoms with Crippen molar-refractivity contribution >= 4 is 24.0 Å². The second-order valence-corrected chi connectivity index (χ2v) is 4.61. The van der Waals surface area contributed by atoms with Crippen LogP contribution in [-0.4, -0.2) is 28.4 Å². The minimum Gasteiger partial charge on any atom is -0.479 e. The molecule has 1 unspecified atom stereocenters. The van der Waals surface area contributed by atoms with Crippen molar-refractivity contribution in [2.45, 2.75) is 24.9 Å². The van der Waals surface area contributed by atoms with Crippen LogP contribution < -0.4 is 0 Å². The summed E-state index contributed by atoms with van der Waals surface area (Å²) >= 11 is 5.55. The predicted octanol–water partition coefficient (Wildman–Crippen LogP) is 2.23. The molecule has 1 aliphatic carbocycles. The molecule has 1 atom stereocenters. The SMILES string of the molecule is O=CN(C1CC1)C(C(=O)O)c1ccc(Cl)c(F)c1. The van der Waals surface area contributed by atoms with Crippen LogP contribution in [0.15, 0.2) is 18.2 Å².